The average Bonchev–Trinajstić information content (AvgIpc) is 3.24. The van der Waals surface area contributed by atoms with Gasteiger partial charge in [0.05, 0.1) is 6.33 Å². The number of sulfonamides is 1. The first-order valence-corrected chi connectivity index (χ1v) is 10.6. The molecule has 1 aromatic heterocycles. The normalized spacial score (nSPS) is 11.2. The number of amides is 1. The van der Waals surface area contributed by atoms with Gasteiger partial charge in [-0.1, -0.05) is 30.3 Å². The number of halogens is 1. The van der Waals surface area contributed by atoms with Crippen LogP contribution in [0.15, 0.2) is 78.7 Å². The molecule has 9 heteroatoms. The van der Waals surface area contributed by atoms with Gasteiger partial charge in [0, 0.05) is 37.6 Å². The average molecular weight is 428 g/mol. The SMILES string of the molecule is C=CCNS(=O)(=O)c1cc(C(=O)NCc2cccc(Cn3ccnc3)c2)ccc1F. The molecule has 156 valence electrons. The molecule has 0 radical (unpaired) electrons. The number of hydrogen-bond acceptors (Lipinski definition) is 4. The van der Waals surface area contributed by atoms with E-state index in [-0.39, 0.29) is 18.7 Å². The van der Waals surface area contributed by atoms with Crippen LogP contribution < -0.4 is 10.0 Å². The van der Waals surface area contributed by atoms with Gasteiger partial charge in [-0.15, -0.1) is 6.58 Å². The summed E-state index contributed by atoms with van der Waals surface area (Å²) in [7, 11) is -4.09. The third-order valence-corrected chi connectivity index (χ3v) is 5.71. The molecule has 0 unspecified atom stereocenters. The van der Waals surface area contributed by atoms with Crippen LogP contribution in [0.1, 0.15) is 21.5 Å². The first-order valence-electron chi connectivity index (χ1n) is 9.11. The molecule has 0 aliphatic heterocycles. The maximum atomic E-state index is 14.0. The first kappa shape index (κ1) is 21.4. The zero-order valence-corrected chi connectivity index (χ0v) is 16.9. The summed E-state index contributed by atoms with van der Waals surface area (Å²) in [5, 5.41) is 2.73. The van der Waals surface area contributed by atoms with Crippen molar-refractivity contribution in [3.63, 3.8) is 0 Å². The summed E-state index contributed by atoms with van der Waals surface area (Å²) in [6, 6.07) is 10.9. The molecule has 0 saturated carbocycles. The van der Waals surface area contributed by atoms with Crippen LogP contribution in [0.25, 0.3) is 0 Å². The fourth-order valence-electron chi connectivity index (χ4n) is 2.81. The van der Waals surface area contributed by atoms with E-state index in [0.717, 1.165) is 23.3 Å². The van der Waals surface area contributed by atoms with Gasteiger partial charge in [-0.25, -0.2) is 22.5 Å². The molecular weight excluding hydrogens is 407 g/mol. The van der Waals surface area contributed by atoms with E-state index in [9.17, 15) is 17.6 Å². The van der Waals surface area contributed by atoms with Crippen molar-refractivity contribution in [2.45, 2.75) is 18.0 Å². The molecule has 1 amide bonds. The maximum Gasteiger partial charge on any atom is 0.251 e. The highest BCUT2D eigenvalue weighted by Gasteiger charge is 2.20. The predicted octanol–water partition coefficient (Wildman–Crippen LogP) is 2.46. The number of rotatable bonds is 9. The number of hydrogen-bond donors (Lipinski definition) is 2. The standard InChI is InChI=1S/C21H21FN4O3S/c1-2-8-25-30(28,29)20-12-18(6-7-19(20)22)21(27)24-13-16-4-3-5-17(11-16)14-26-10-9-23-15-26/h2-7,9-12,15,25H,1,8,13-14H2,(H,24,27). The highest BCUT2D eigenvalue weighted by atomic mass is 32.2. The second-order valence-corrected chi connectivity index (χ2v) is 8.26. The quantitative estimate of drug-likeness (QED) is 0.512. The number of benzene rings is 2. The monoisotopic (exact) mass is 428 g/mol. The Morgan fingerprint density at radius 3 is 2.73 bits per heavy atom. The van der Waals surface area contributed by atoms with Gasteiger partial charge in [0.15, 0.2) is 0 Å². The second kappa shape index (κ2) is 9.47. The molecule has 0 atom stereocenters. The number of nitrogens with zero attached hydrogens (tertiary/aromatic N) is 2. The summed E-state index contributed by atoms with van der Waals surface area (Å²) in [6.45, 7) is 4.26. The predicted molar refractivity (Wildman–Crippen MR) is 111 cm³/mol. The minimum Gasteiger partial charge on any atom is -0.348 e. The minimum atomic E-state index is -4.09. The summed E-state index contributed by atoms with van der Waals surface area (Å²) in [5.41, 5.74) is 1.97. The van der Waals surface area contributed by atoms with Gasteiger partial charge in [-0.2, -0.15) is 0 Å². The van der Waals surface area contributed by atoms with Crippen LogP contribution in [0, 0.1) is 5.82 Å². The van der Waals surface area contributed by atoms with E-state index in [1.165, 1.54) is 12.1 Å². The third-order valence-electron chi connectivity index (χ3n) is 4.27. The Hall–Kier alpha value is -3.30. The molecular formula is C21H21FN4O3S. The van der Waals surface area contributed by atoms with E-state index < -0.39 is 26.6 Å². The molecule has 1 heterocycles. The molecule has 2 N–H and O–H groups in total. The lowest BCUT2D eigenvalue weighted by Gasteiger charge is -2.10. The van der Waals surface area contributed by atoms with Gasteiger partial charge >= 0.3 is 0 Å². The lowest BCUT2D eigenvalue weighted by Crippen LogP contribution is -2.26. The summed E-state index contributed by atoms with van der Waals surface area (Å²) in [5.74, 6) is -1.44. The van der Waals surface area contributed by atoms with E-state index in [1.807, 2.05) is 35.0 Å². The highest BCUT2D eigenvalue weighted by molar-refractivity contribution is 7.89. The van der Waals surface area contributed by atoms with E-state index in [1.54, 1.807) is 12.5 Å². The van der Waals surface area contributed by atoms with Crippen LogP contribution in [-0.2, 0) is 23.1 Å². The van der Waals surface area contributed by atoms with Crippen LogP contribution in [0.4, 0.5) is 4.39 Å². The van der Waals surface area contributed by atoms with Crippen molar-refractivity contribution in [1.29, 1.82) is 0 Å². The summed E-state index contributed by atoms with van der Waals surface area (Å²) < 4.78 is 42.5. The van der Waals surface area contributed by atoms with Crippen molar-refractivity contribution < 1.29 is 17.6 Å². The van der Waals surface area contributed by atoms with Crippen molar-refractivity contribution in [2.24, 2.45) is 0 Å². The summed E-state index contributed by atoms with van der Waals surface area (Å²) >= 11 is 0. The lowest BCUT2D eigenvalue weighted by atomic mass is 10.1. The Balaban J connectivity index is 1.69. The van der Waals surface area contributed by atoms with E-state index in [4.69, 9.17) is 0 Å². The van der Waals surface area contributed by atoms with Gasteiger partial charge in [0.2, 0.25) is 10.0 Å². The number of carbonyl (C=O) groups excluding carboxylic acids is 1. The molecule has 0 fully saturated rings. The Kier molecular flexibility index (Phi) is 6.76. The number of carbonyl (C=O) groups is 1. The molecule has 0 aliphatic rings. The van der Waals surface area contributed by atoms with Crippen molar-refractivity contribution in [1.82, 2.24) is 19.6 Å². The van der Waals surface area contributed by atoms with Gasteiger partial charge in [-0.3, -0.25) is 4.79 Å². The van der Waals surface area contributed by atoms with Crippen molar-refractivity contribution >= 4 is 15.9 Å². The Morgan fingerprint density at radius 2 is 2.00 bits per heavy atom. The number of aromatic nitrogens is 2. The summed E-state index contributed by atoms with van der Waals surface area (Å²) in [6.07, 6.45) is 6.62. The van der Waals surface area contributed by atoms with E-state index >= 15 is 0 Å². The lowest BCUT2D eigenvalue weighted by molar-refractivity contribution is 0.0950. The fourth-order valence-corrected chi connectivity index (χ4v) is 3.91. The number of nitrogens with one attached hydrogen (secondary N) is 2. The maximum absolute atomic E-state index is 14.0. The largest absolute Gasteiger partial charge is 0.348 e. The zero-order chi connectivity index (χ0) is 21.6. The molecule has 0 bridgehead atoms. The van der Waals surface area contributed by atoms with Crippen LogP contribution in [-0.4, -0.2) is 30.4 Å². The second-order valence-electron chi connectivity index (χ2n) is 6.52. The zero-order valence-electron chi connectivity index (χ0n) is 16.1. The van der Waals surface area contributed by atoms with Crippen LogP contribution in [0.2, 0.25) is 0 Å². The molecule has 3 rings (SSSR count). The van der Waals surface area contributed by atoms with E-state index in [0.29, 0.717) is 6.54 Å². The molecule has 0 saturated heterocycles. The molecule has 2 aromatic carbocycles. The minimum absolute atomic E-state index is 0.0462. The Labute approximate surface area is 174 Å². The number of imidazole rings is 1. The van der Waals surface area contributed by atoms with Gasteiger partial charge in [0.1, 0.15) is 10.7 Å². The molecule has 3 aromatic rings. The van der Waals surface area contributed by atoms with E-state index in [2.05, 4.69) is 21.6 Å². The topological polar surface area (TPSA) is 93.1 Å². The first-order chi connectivity index (χ1) is 14.4. The fraction of sp³-hybridized carbons (Fsp3) is 0.143. The third kappa shape index (κ3) is 5.40. The highest BCUT2D eigenvalue weighted by Crippen LogP contribution is 2.17. The molecule has 7 nitrogen and oxygen atoms in total. The van der Waals surface area contributed by atoms with Crippen LogP contribution in [0.3, 0.4) is 0 Å². The molecule has 30 heavy (non-hydrogen) atoms. The van der Waals surface area contributed by atoms with Crippen molar-refractivity contribution in [3.05, 3.63) is 96.3 Å². The van der Waals surface area contributed by atoms with Crippen molar-refractivity contribution in [2.75, 3.05) is 6.54 Å². The molecule has 0 aliphatic carbocycles. The Morgan fingerprint density at radius 1 is 1.20 bits per heavy atom. The van der Waals surface area contributed by atoms with Crippen LogP contribution in [0.5, 0.6) is 0 Å². The van der Waals surface area contributed by atoms with Gasteiger partial charge in [0.25, 0.3) is 5.91 Å². The Bertz CT molecular complexity index is 1140. The van der Waals surface area contributed by atoms with Gasteiger partial charge in [-0.05, 0) is 29.3 Å². The summed E-state index contributed by atoms with van der Waals surface area (Å²) in [4.78, 5) is 15.9. The van der Waals surface area contributed by atoms with Crippen molar-refractivity contribution in [3.8, 4) is 0 Å². The smallest absolute Gasteiger partial charge is 0.251 e. The van der Waals surface area contributed by atoms with Crippen LogP contribution >= 0.6 is 0 Å². The molecule has 0 spiro atoms. The van der Waals surface area contributed by atoms with Gasteiger partial charge < -0.3 is 9.88 Å².